The van der Waals surface area contributed by atoms with Crippen LogP contribution in [0.25, 0.3) is 11.4 Å². The predicted molar refractivity (Wildman–Crippen MR) is 149 cm³/mol. The van der Waals surface area contributed by atoms with E-state index in [-0.39, 0.29) is 34.6 Å². The van der Waals surface area contributed by atoms with E-state index >= 15 is 0 Å². The molecular weight excluding hydrogens is 607 g/mol. The number of aryl methyl sites for hydroxylation is 2. The second-order valence-electron chi connectivity index (χ2n) is 11.1. The van der Waals surface area contributed by atoms with Crippen molar-refractivity contribution in [1.29, 1.82) is 0 Å². The van der Waals surface area contributed by atoms with Crippen molar-refractivity contribution in [2.75, 3.05) is 6.61 Å². The summed E-state index contributed by atoms with van der Waals surface area (Å²) in [7, 11) is 0. The molecule has 3 heterocycles. The van der Waals surface area contributed by atoms with Crippen molar-refractivity contribution in [3.63, 3.8) is 0 Å². The van der Waals surface area contributed by atoms with E-state index in [2.05, 4.69) is 20.1 Å². The zero-order chi connectivity index (χ0) is 32.5. The lowest BCUT2D eigenvalue weighted by Crippen LogP contribution is -2.31. The molecule has 0 amide bonds. The van der Waals surface area contributed by atoms with Crippen molar-refractivity contribution < 1.29 is 35.5 Å². The molecule has 0 saturated heterocycles. The monoisotopic (exact) mass is 635 g/mol. The normalized spacial score (nSPS) is 17.4. The van der Waals surface area contributed by atoms with Crippen molar-refractivity contribution in [3.05, 3.63) is 98.5 Å². The number of ether oxygens (including phenoxy) is 1. The molecule has 1 fully saturated rings. The molecule has 0 bridgehead atoms. The average molecular weight is 636 g/mol. The van der Waals surface area contributed by atoms with Gasteiger partial charge >= 0.3 is 18.4 Å². The fraction of sp³-hybridized carbons (Fsp3) is 0.387. The molecule has 1 aliphatic rings. The first-order chi connectivity index (χ1) is 21.2. The molecule has 3 aromatic heterocycles. The van der Waals surface area contributed by atoms with Gasteiger partial charge in [0.1, 0.15) is 17.2 Å². The lowest BCUT2D eigenvalue weighted by molar-refractivity contribution is -0.154. The minimum Gasteiger partial charge on any atom is -0.454 e. The third-order valence-corrected chi connectivity index (χ3v) is 7.90. The number of halogens is 7. The third-order valence-electron chi connectivity index (χ3n) is 7.90. The van der Waals surface area contributed by atoms with Crippen LogP contribution in [0.3, 0.4) is 0 Å². The van der Waals surface area contributed by atoms with E-state index in [0.717, 1.165) is 22.4 Å². The minimum atomic E-state index is -4.75. The second kappa shape index (κ2) is 12.6. The predicted octanol–water partition coefficient (Wildman–Crippen LogP) is 7.30. The van der Waals surface area contributed by atoms with E-state index in [0.29, 0.717) is 36.8 Å². The summed E-state index contributed by atoms with van der Waals surface area (Å²) in [5.41, 5.74) is 0.0652. The number of pyridine rings is 1. The first kappa shape index (κ1) is 32.0. The van der Waals surface area contributed by atoms with Gasteiger partial charge in [-0.3, -0.25) is 9.78 Å². The van der Waals surface area contributed by atoms with E-state index in [1.807, 2.05) is 13.0 Å². The Labute approximate surface area is 253 Å². The van der Waals surface area contributed by atoms with E-state index < -0.39 is 48.3 Å². The quantitative estimate of drug-likeness (QED) is 0.198. The zero-order valence-electron chi connectivity index (χ0n) is 24.2. The van der Waals surface area contributed by atoms with Crippen LogP contribution in [-0.2, 0) is 12.7 Å². The summed E-state index contributed by atoms with van der Waals surface area (Å²) < 4.78 is 99.9. The summed E-state index contributed by atoms with van der Waals surface area (Å²) in [5, 5.41) is 4.29. The molecule has 0 atom stereocenters. The Hall–Kier alpha value is -4.36. The number of rotatable bonds is 7. The largest absolute Gasteiger partial charge is 0.454 e. The molecule has 5 rings (SSSR count). The molecule has 0 N–H and O–H groups in total. The van der Waals surface area contributed by atoms with E-state index in [4.69, 9.17) is 4.74 Å². The Kier molecular flexibility index (Phi) is 8.95. The summed E-state index contributed by atoms with van der Waals surface area (Å²) in [6.45, 7) is 1.14. The van der Waals surface area contributed by atoms with Gasteiger partial charge in [-0.1, -0.05) is 12.1 Å². The van der Waals surface area contributed by atoms with Gasteiger partial charge in [-0.05, 0) is 92.3 Å². The molecule has 238 valence electrons. The summed E-state index contributed by atoms with van der Waals surface area (Å²) in [5.74, 6) is -0.723. The Balaban J connectivity index is 1.55. The number of alkyl halides is 6. The molecular formula is C31H28F7N5O2. The molecule has 0 unspecified atom stereocenters. The van der Waals surface area contributed by atoms with Gasteiger partial charge in [0.25, 0.3) is 5.56 Å². The van der Waals surface area contributed by atoms with Gasteiger partial charge < -0.3 is 4.74 Å². The van der Waals surface area contributed by atoms with Crippen LogP contribution < -0.4 is 10.3 Å². The first-order valence-electron chi connectivity index (χ1n) is 14.1. The molecule has 7 nitrogen and oxygen atoms in total. The van der Waals surface area contributed by atoms with Crippen LogP contribution in [0.2, 0.25) is 0 Å². The molecule has 1 aliphatic carbocycles. The van der Waals surface area contributed by atoms with Crippen molar-refractivity contribution in [3.8, 4) is 17.4 Å². The Morgan fingerprint density at radius 3 is 2.31 bits per heavy atom. The lowest BCUT2D eigenvalue weighted by Gasteiger charge is -2.30. The second-order valence-corrected chi connectivity index (χ2v) is 11.1. The molecule has 14 heteroatoms. The van der Waals surface area contributed by atoms with Crippen molar-refractivity contribution in [2.45, 2.75) is 70.3 Å². The molecule has 0 aliphatic heterocycles. The van der Waals surface area contributed by atoms with Gasteiger partial charge in [-0.25, -0.2) is 14.1 Å². The fourth-order valence-electron chi connectivity index (χ4n) is 5.80. The molecule has 0 radical (unpaired) electrons. The fourth-order valence-corrected chi connectivity index (χ4v) is 5.80. The maximum Gasteiger partial charge on any atom is 0.422 e. The maximum atomic E-state index is 14.7. The van der Waals surface area contributed by atoms with Crippen LogP contribution in [0.4, 0.5) is 30.7 Å². The van der Waals surface area contributed by atoms with Gasteiger partial charge in [0.05, 0.1) is 17.8 Å². The van der Waals surface area contributed by atoms with Crippen LogP contribution in [0.5, 0.6) is 6.01 Å². The molecule has 4 aromatic rings. The summed E-state index contributed by atoms with van der Waals surface area (Å²) in [6.07, 6.45) is -4.91. The number of nitrogens with zero attached hydrogens (tertiary/aromatic N) is 5. The minimum absolute atomic E-state index is 0.0397. The van der Waals surface area contributed by atoms with Gasteiger partial charge in [-0.2, -0.15) is 36.4 Å². The summed E-state index contributed by atoms with van der Waals surface area (Å²) in [6, 6.07) is 7.74. The van der Waals surface area contributed by atoms with Crippen LogP contribution in [-0.4, -0.2) is 37.5 Å². The topological polar surface area (TPSA) is 82.8 Å². The van der Waals surface area contributed by atoms with E-state index in [1.165, 1.54) is 24.5 Å². The molecule has 0 spiro atoms. The van der Waals surface area contributed by atoms with Crippen molar-refractivity contribution >= 4 is 0 Å². The number of aromatic nitrogens is 5. The van der Waals surface area contributed by atoms with E-state index in [1.54, 1.807) is 13.0 Å². The summed E-state index contributed by atoms with van der Waals surface area (Å²) >= 11 is 0. The molecule has 1 saturated carbocycles. The van der Waals surface area contributed by atoms with Gasteiger partial charge in [0, 0.05) is 18.0 Å². The van der Waals surface area contributed by atoms with Gasteiger partial charge in [0.2, 0.25) is 0 Å². The SMILES string of the molecule is Cc1cnc(OCC(F)(F)F)nc1-c1cc(C2CCC(c3c(C)cccc3F)CC2)c(=O)n(Cc2ncccc2C(F)(F)F)n1. The number of benzene rings is 1. The molecule has 45 heavy (non-hydrogen) atoms. The number of hydrogen-bond acceptors (Lipinski definition) is 6. The van der Waals surface area contributed by atoms with E-state index in [9.17, 15) is 35.5 Å². The highest BCUT2D eigenvalue weighted by Gasteiger charge is 2.35. The summed E-state index contributed by atoms with van der Waals surface area (Å²) in [4.78, 5) is 25.5. The van der Waals surface area contributed by atoms with Crippen LogP contribution in [0.1, 0.15) is 71.0 Å². The van der Waals surface area contributed by atoms with Crippen LogP contribution >= 0.6 is 0 Å². The molecule has 1 aromatic carbocycles. The van der Waals surface area contributed by atoms with Crippen molar-refractivity contribution in [1.82, 2.24) is 24.7 Å². The standard InChI is InChI=1S/C31H28F7N5O2/c1-17-5-3-7-23(32)26(17)20-10-8-19(9-11-20)21-13-24(27-18(2)14-40-29(41-27)45-16-30(33,34)35)42-43(28(21)44)15-25-22(31(36,37)38)6-4-12-39-25/h3-7,12-14,19-20H,8-11,15-16H2,1-2H3. The number of hydrogen-bond donors (Lipinski definition) is 0. The van der Waals surface area contributed by atoms with Crippen LogP contribution in [0, 0.1) is 19.7 Å². The van der Waals surface area contributed by atoms with Gasteiger partial charge in [-0.15, -0.1) is 0 Å². The Morgan fingerprint density at radius 2 is 1.64 bits per heavy atom. The smallest absolute Gasteiger partial charge is 0.422 e. The van der Waals surface area contributed by atoms with Crippen molar-refractivity contribution in [2.24, 2.45) is 0 Å². The highest BCUT2D eigenvalue weighted by molar-refractivity contribution is 5.59. The Bertz CT molecular complexity index is 1730. The lowest BCUT2D eigenvalue weighted by atomic mass is 9.75. The highest BCUT2D eigenvalue weighted by Crippen LogP contribution is 2.42. The zero-order valence-corrected chi connectivity index (χ0v) is 24.2. The van der Waals surface area contributed by atoms with Crippen LogP contribution in [0.15, 0.2) is 53.6 Å². The average Bonchev–Trinajstić information content (AvgIpc) is 2.97. The first-order valence-corrected chi connectivity index (χ1v) is 14.1. The highest BCUT2D eigenvalue weighted by atomic mass is 19.4. The Morgan fingerprint density at radius 1 is 0.933 bits per heavy atom. The van der Waals surface area contributed by atoms with Gasteiger partial charge in [0.15, 0.2) is 6.61 Å². The third kappa shape index (κ3) is 7.31. The maximum absolute atomic E-state index is 14.7.